The maximum atomic E-state index is 11.8. The van der Waals surface area contributed by atoms with Gasteiger partial charge in [-0.1, -0.05) is 0 Å². The molecule has 0 aliphatic carbocycles. The van der Waals surface area contributed by atoms with Crippen LogP contribution in [0.15, 0.2) is 12.1 Å². The predicted molar refractivity (Wildman–Crippen MR) is 64.0 cm³/mol. The monoisotopic (exact) mass is 250 g/mol. The lowest BCUT2D eigenvalue weighted by Crippen LogP contribution is -2.24. The molecule has 0 aliphatic rings. The first-order valence-corrected chi connectivity index (χ1v) is 5.13. The van der Waals surface area contributed by atoms with Crippen molar-refractivity contribution in [2.75, 3.05) is 27.9 Å². The van der Waals surface area contributed by atoms with Crippen molar-refractivity contribution in [1.82, 2.24) is 5.32 Å². The first-order valence-electron chi connectivity index (χ1n) is 5.13. The van der Waals surface area contributed by atoms with Gasteiger partial charge in [0.15, 0.2) is 11.5 Å². The fourth-order valence-corrected chi connectivity index (χ4v) is 1.50. The van der Waals surface area contributed by atoms with Crippen LogP contribution in [-0.2, 0) is 0 Å². The van der Waals surface area contributed by atoms with Crippen molar-refractivity contribution in [3.05, 3.63) is 17.7 Å². The molecule has 0 aliphatic heterocycles. The maximum Gasteiger partial charge on any atom is 0.256 e. The molecule has 96 valence electrons. The summed E-state index contributed by atoms with van der Waals surface area (Å²) in [5.74, 6) is 0.664. The molecule has 18 heavy (non-hydrogen) atoms. The van der Waals surface area contributed by atoms with Crippen LogP contribution in [0.2, 0.25) is 0 Å². The maximum absolute atomic E-state index is 11.8. The molecule has 1 N–H and O–H groups in total. The van der Waals surface area contributed by atoms with Gasteiger partial charge in [0, 0.05) is 0 Å². The summed E-state index contributed by atoms with van der Waals surface area (Å²) in [5.41, 5.74) is 0.283. The van der Waals surface area contributed by atoms with Gasteiger partial charge in [-0.2, -0.15) is 5.26 Å². The quantitative estimate of drug-likeness (QED) is 0.787. The van der Waals surface area contributed by atoms with Gasteiger partial charge in [0.1, 0.15) is 6.54 Å². The van der Waals surface area contributed by atoms with Gasteiger partial charge in [0.25, 0.3) is 5.91 Å². The second-order valence-electron chi connectivity index (χ2n) is 3.22. The number of hydrogen-bond acceptors (Lipinski definition) is 5. The van der Waals surface area contributed by atoms with Gasteiger partial charge in [-0.05, 0) is 12.1 Å². The number of carbonyl (C=O) groups excluding carboxylic acids is 1. The Kier molecular flexibility index (Phi) is 4.81. The molecule has 0 saturated heterocycles. The zero-order valence-electron chi connectivity index (χ0n) is 10.4. The van der Waals surface area contributed by atoms with Crippen LogP contribution >= 0.6 is 0 Å². The smallest absolute Gasteiger partial charge is 0.256 e. The number of hydrogen-bond donors (Lipinski definition) is 1. The third-order valence-corrected chi connectivity index (χ3v) is 2.28. The average molecular weight is 250 g/mol. The normalized spacial score (nSPS) is 9.22. The number of carbonyl (C=O) groups is 1. The van der Waals surface area contributed by atoms with Crippen LogP contribution in [0.25, 0.3) is 0 Å². The SMILES string of the molecule is COc1ccc(C(=O)NCC#N)c(OC)c1OC. The molecule has 0 saturated carbocycles. The van der Waals surface area contributed by atoms with E-state index in [0.29, 0.717) is 11.5 Å². The lowest BCUT2D eigenvalue weighted by molar-refractivity contribution is 0.0954. The number of nitriles is 1. The second-order valence-corrected chi connectivity index (χ2v) is 3.22. The number of nitrogens with one attached hydrogen (secondary N) is 1. The third kappa shape index (κ3) is 2.63. The number of benzene rings is 1. The summed E-state index contributed by atoms with van der Waals surface area (Å²) in [6.45, 7) is -0.0731. The van der Waals surface area contributed by atoms with Crippen molar-refractivity contribution in [3.63, 3.8) is 0 Å². The Morgan fingerprint density at radius 1 is 1.22 bits per heavy atom. The fraction of sp³-hybridized carbons (Fsp3) is 0.333. The van der Waals surface area contributed by atoms with Gasteiger partial charge in [0.2, 0.25) is 5.75 Å². The number of ether oxygens (including phenoxy) is 3. The minimum atomic E-state index is -0.408. The van der Waals surface area contributed by atoms with Crippen molar-refractivity contribution in [3.8, 4) is 23.3 Å². The van der Waals surface area contributed by atoms with Gasteiger partial charge in [-0.3, -0.25) is 4.79 Å². The molecule has 0 spiro atoms. The molecule has 0 aromatic heterocycles. The summed E-state index contributed by atoms with van der Waals surface area (Å²) < 4.78 is 15.4. The summed E-state index contributed by atoms with van der Waals surface area (Å²) in [6.07, 6.45) is 0. The summed E-state index contributed by atoms with van der Waals surface area (Å²) in [7, 11) is 4.38. The number of rotatable bonds is 5. The molecule has 6 heteroatoms. The largest absolute Gasteiger partial charge is 0.493 e. The highest BCUT2D eigenvalue weighted by molar-refractivity contribution is 5.98. The van der Waals surface area contributed by atoms with E-state index in [1.165, 1.54) is 21.3 Å². The van der Waals surface area contributed by atoms with Gasteiger partial charge < -0.3 is 19.5 Å². The molecule has 1 rings (SSSR count). The van der Waals surface area contributed by atoms with Gasteiger partial charge in [-0.15, -0.1) is 0 Å². The topological polar surface area (TPSA) is 80.6 Å². The first-order chi connectivity index (χ1) is 8.69. The van der Waals surface area contributed by atoms with Crippen molar-refractivity contribution >= 4 is 5.91 Å². The van der Waals surface area contributed by atoms with E-state index in [-0.39, 0.29) is 17.9 Å². The molecule has 1 amide bonds. The number of amides is 1. The van der Waals surface area contributed by atoms with Gasteiger partial charge in [0.05, 0.1) is 33.0 Å². The Hall–Kier alpha value is -2.42. The van der Waals surface area contributed by atoms with Crippen LogP contribution in [0.5, 0.6) is 17.2 Å². The zero-order chi connectivity index (χ0) is 13.5. The summed E-state index contributed by atoms with van der Waals surface area (Å²) in [5, 5.41) is 10.9. The molecule has 0 heterocycles. The number of methoxy groups -OCH3 is 3. The molecule has 1 aromatic carbocycles. The lowest BCUT2D eigenvalue weighted by atomic mass is 10.1. The highest BCUT2D eigenvalue weighted by Gasteiger charge is 2.20. The van der Waals surface area contributed by atoms with Crippen LogP contribution in [0.3, 0.4) is 0 Å². The van der Waals surface area contributed by atoms with E-state index >= 15 is 0 Å². The van der Waals surface area contributed by atoms with Crippen LogP contribution in [0.1, 0.15) is 10.4 Å². The Morgan fingerprint density at radius 3 is 2.39 bits per heavy atom. The Labute approximate surface area is 105 Å². The molecule has 0 bridgehead atoms. The zero-order valence-corrected chi connectivity index (χ0v) is 10.4. The highest BCUT2D eigenvalue weighted by Crippen LogP contribution is 2.39. The van der Waals surface area contributed by atoms with Crippen LogP contribution in [-0.4, -0.2) is 33.8 Å². The highest BCUT2D eigenvalue weighted by atomic mass is 16.5. The summed E-state index contributed by atoms with van der Waals surface area (Å²) in [4.78, 5) is 11.8. The first kappa shape index (κ1) is 13.6. The minimum Gasteiger partial charge on any atom is -0.493 e. The van der Waals surface area contributed by atoms with Gasteiger partial charge >= 0.3 is 0 Å². The Bertz CT molecular complexity index is 480. The van der Waals surface area contributed by atoms with E-state index in [2.05, 4.69) is 5.32 Å². The van der Waals surface area contributed by atoms with E-state index in [0.717, 1.165) is 0 Å². The van der Waals surface area contributed by atoms with E-state index in [1.54, 1.807) is 12.1 Å². The molecule has 0 unspecified atom stereocenters. The van der Waals surface area contributed by atoms with Crippen molar-refractivity contribution in [2.45, 2.75) is 0 Å². The van der Waals surface area contributed by atoms with Crippen molar-refractivity contribution in [1.29, 1.82) is 5.26 Å². The summed E-state index contributed by atoms with van der Waals surface area (Å²) >= 11 is 0. The molecular formula is C12H14N2O4. The van der Waals surface area contributed by atoms with Crippen molar-refractivity contribution in [2.24, 2.45) is 0 Å². The Balaban J connectivity index is 3.21. The van der Waals surface area contributed by atoms with E-state index in [4.69, 9.17) is 19.5 Å². The molecule has 0 radical (unpaired) electrons. The summed E-state index contributed by atoms with van der Waals surface area (Å²) in [6, 6.07) is 4.98. The molecule has 0 atom stereocenters. The van der Waals surface area contributed by atoms with Crippen LogP contribution in [0, 0.1) is 11.3 Å². The third-order valence-electron chi connectivity index (χ3n) is 2.28. The fourth-order valence-electron chi connectivity index (χ4n) is 1.50. The molecule has 0 fully saturated rings. The predicted octanol–water partition coefficient (Wildman–Crippen LogP) is 0.966. The molecular weight excluding hydrogens is 236 g/mol. The van der Waals surface area contributed by atoms with E-state index < -0.39 is 5.91 Å². The van der Waals surface area contributed by atoms with Crippen LogP contribution in [0.4, 0.5) is 0 Å². The second kappa shape index (κ2) is 6.35. The van der Waals surface area contributed by atoms with Crippen molar-refractivity contribution < 1.29 is 19.0 Å². The lowest BCUT2D eigenvalue weighted by Gasteiger charge is -2.14. The number of nitrogens with zero attached hydrogens (tertiary/aromatic N) is 1. The van der Waals surface area contributed by atoms with Gasteiger partial charge in [-0.25, -0.2) is 0 Å². The molecule has 6 nitrogen and oxygen atoms in total. The minimum absolute atomic E-state index is 0.0731. The van der Waals surface area contributed by atoms with E-state index in [1.807, 2.05) is 6.07 Å². The standard InChI is InChI=1S/C12H14N2O4/c1-16-9-5-4-8(12(15)14-7-6-13)10(17-2)11(9)18-3/h4-5H,7H2,1-3H3,(H,14,15). The Morgan fingerprint density at radius 2 is 1.89 bits per heavy atom. The van der Waals surface area contributed by atoms with E-state index in [9.17, 15) is 4.79 Å². The average Bonchev–Trinajstić information content (AvgIpc) is 2.42. The molecule has 1 aromatic rings. The van der Waals surface area contributed by atoms with Crippen LogP contribution < -0.4 is 19.5 Å².